The van der Waals surface area contributed by atoms with Crippen LogP contribution in [0, 0.1) is 17.7 Å². The summed E-state index contributed by atoms with van der Waals surface area (Å²) in [4.78, 5) is 10.6. The van der Waals surface area contributed by atoms with Crippen LogP contribution in [0.2, 0.25) is 0 Å². The second-order valence-corrected chi connectivity index (χ2v) is 3.47. The van der Waals surface area contributed by atoms with Gasteiger partial charge < -0.3 is 0 Å². The summed E-state index contributed by atoms with van der Waals surface area (Å²) < 4.78 is 13.1. The van der Waals surface area contributed by atoms with Crippen LogP contribution in [0.4, 0.5) is 4.39 Å². The molecule has 0 unspecified atom stereocenters. The molecule has 0 N–H and O–H groups in total. The van der Waals surface area contributed by atoms with Crippen molar-refractivity contribution in [1.29, 1.82) is 0 Å². The first kappa shape index (κ1) is 11.1. The number of carbonyl (C=O) groups excluding carboxylic acids is 1. The van der Waals surface area contributed by atoms with E-state index in [4.69, 9.17) is 0 Å². The molecular weight excluding hydrogens is 215 g/mol. The molecule has 0 atom stereocenters. The molecule has 0 saturated carbocycles. The van der Waals surface area contributed by atoms with E-state index in [2.05, 4.69) is 11.8 Å². The zero-order valence-electron chi connectivity index (χ0n) is 8.98. The monoisotopic (exact) mass is 224 g/mol. The van der Waals surface area contributed by atoms with Crippen molar-refractivity contribution in [2.75, 3.05) is 0 Å². The topological polar surface area (TPSA) is 17.1 Å². The Bertz CT molecular complexity index is 591. The predicted octanol–water partition coefficient (Wildman–Crippen LogP) is 3.04. The first-order valence-corrected chi connectivity index (χ1v) is 5.11. The van der Waals surface area contributed by atoms with Crippen LogP contribution >= 0.6 is 0 Å². The van der Waals surface area contributed by atoms with Crippen molar-refractivity contribution in [3.63, 3.8) is 0 Å². The van der Waals surface area contributed by atoms with Crippen molar-refractivity contribution in [2.45, 2.75) is 0 Å². The summed E-state index contributed by atoms with van der Waals surface area (Å²) in [6.07, 6.45) is 0.489. The van der Waals surface area contributed by atoms with Gasteiger partial charge in [-0.3, -0.25) is 4.79 Å². The predicted molar refractivity (Wildman–Crippen MR) is 64.2 cm³/mol. The van der Waals surface area contributed by atoms with Crippen molar-refractivity contribution in [3.8, 4) is 11.8 Å². The van der Waals surface area contributed by atoms with Gasteiger partial charge in [0, 0.05) is 11.1 Å². The molecular formula is C15H9FO. The second-order valence-electron chi connectivity index (χ2n) is 3.47. The highest BCUT2D eigenvalue weighted by Crippen LogP contribution is 2.07. The van der Waals surface area contributed by atoms with Crippen molar-refractivity contribution in [1.82, 2.24) is 0 Å². The number of halogens is 1. The van der Waals surface area contributed by atoms with E-state index >= 15 is 0 Å². The molecule has 0 spiro atoms. The Kier molecular flexibility index (Phi) is 3.32. The van der Waals surface area contributed by atoms with Gasteiger partial charge in [-0.2, -0.15) is 0 Å². The molecule has 2 aromatic rings. The summed E-state index contributed by atoms with van der Waals surface area (Å²) >= 11 is 0. The number of benzene rings is 2. The van der Waals surface area contributed by atoms with E-state index in [1.807, 2.05) is 30.3 Å². The van der Waals surface area contributed by atoms with E-state index in [1.54, 1.807) is 6.07 Å². The summed E-state index contributed by atoms with van der Waals surface area (Å²) in [5, 5.41) is 0. The molecule has 0 aromatic heterocycles. The number of hydrogen-bond donors (Lipinski definition) is 0. The molecule has 1 nitrogen and oxygen atoms in total. The van der Waals surface area contributed by atoms with E-state index in [9.17, 15) is 9.18 Å². The van der Waals surface area contributed by atoms with Crippen LogP contribution in [0.5, 0.6) is 0 Å². The average molecular weight is 224 g/mol. The third kappa shape index (κ3) is 2.79. The van der Waals surface area contributed by atoms with E-state index in [-0.39, 0.29) is 5.56 Å². The van der Waals surface area contributed by atoms with Gasteiger partial charge in [0.2, 0.25) is 0 Å². The van der Waals surface area contributed by atoms with Crippen molar-refractivity contribution in [2.24, 2.45) is 0 Å². The fraction of sp³-hybridized carbons (Fsp3) is 0. The van der Waals surface area contributed by atoms with Gasteiger partial charge in [-0.15, -0.1) is 0 Å². The van der Waals surface area contributed by atoms with Gasteiger partial charge >= 0.3 is 0 Å². The van der Waals surface area contributed by atoms with Crippen LogP contribution in [-0.4, -0.2) is 6.29 Å². The Balaban J connectivity index is 2.31. The van der Waals surface area contributed by atoms with Crippen LogP contribution in [0.25, 0.3) is 0 Å². The lowest BCUT2D eigenvalue weighted by atomic mass is 10.1. The highest BCUT2D eigenvalue weighted by molar-refractivity contribution is 5.76. The third-order valence-corrected chi connectivity index (χ3v) is 2.25. The van der Waals surface area contributed by atoms with Crippen molar-refractivity contribution >= 4 is 6.29 Å². The molecule has 0 radical (unpaired) electrons. The fourth-order valence-corrected chi connectivity index (χ4v) is 1.38. The van der Waals surface area contributed by atoms with Crippen LogP contribution in [0.1, 0.15) is 21.5 Å². The third-order valence-electron chi connectivity index (χ3n) is 2.25. The van der Waals surface area contributed by atoms with Crippen molar-refractivity contribution in [3.05, 3.63) is 71.0 Å². The first-order chi connectivity index (χ1) is 8.29. The highest BCUT2D eigenvalue weighted by Gasteiger charge is 2.00. The lowest BCUT2D eigenvalue weighted by Gasteiger charge is -1.95. The Morgan fingerprint density at radius 1 is 0.941 bits per heavy atom. The smallest absolute Gasteiger partial charge is 0.153 e. The minimum atomic E-state index is -0.523. The van der Waals surface area contributed by atoms with Crippen molar-refractivity contribution < 1.29 is 9.18 Å². The molecule has 0 aliphatic carbocycles. The molecule has 0 amide bonds. The Labute approximate surface area is 98.9 Å². The van der Waals surface area contributed by atoms with E-state index in [0.717, 1.165) is 5.56 Å². The molecule has 0 aliphatic rings. The lowest BCUT2D eigenvalue weighted by molar-refractivity contribution is 0.112. The van der Waals surface area contributed by atoms with E-state index in [0.29, 0.717) is 11.8 Å². The number of aldehydes is 1. The van der Waals surface area contributed by atoms with E-state index in [1.165, 1.54) is 12.1 Å². The summed E-state index contributed by atoms with van der Waals surface area (Å²) in [5.74, 6) is 5.31. The molecule has 2 heteroatoms. The number of rotatable bonds is 1. The Hall–Kier alpha value is -2.40. The van der Waals surface area contributed by atoms with Gasteiger partial charge in [0.25, 0.3) is 0 Å². The summed E-state index contributed by atoms with van der Waals surface area (Å²) in [5.41, 5.74) is 1.53. The largest absolute Gasteiger partial charge is 0.298 e. The minimum Gasteiger partial charge on any atom is -0.298 e. The van der Waals surface area contributed by atoms with Gasteiger partial charge in [-0.25, -0.2) is 4.39 Å². The number of hydrogen-bond acceptors (Lipinski definition) is 1. The maximum absolute atomic E-state index is 13.1. The molecule has 0 saturated heterocycles. The van der Waals surface area contributed by atoms with Gasteiger partial charge in [-0.1, -0.05) is 30.0 Å². The summed E-state index contributed by atoms with van der Waals surface area (Å²) in [6, 6.07) is 13.7. The zero-order valence-corrected chi connectivity index (χ0v) is 8.98. The van der Waals surface area contributed by atoms with Gasteiger partial charge in [0.15, 0.2) is 6.29 Å². The second kappa shape index (κ2) is 5.09. The van der Waals surface area contributed by atoms with Gasteiger partial charge in [0.05, 0.1) is 5.56 Å². The molecule has 0 aliphatic heterocycles. The molecule has 0 heterocycles. The SMILES string of the molecule is O=Cc1cc(C#Cc2ccccc2)ccc1F. The lowest BCUT2D eigenvalue weighted by Crippen LogP contribution is -1.88. The van der Waals surface area contributed by atoms with Gasteiger partial charge in [0.1, 0.15) is 5.82 Å². The van der Waals surface area contributed by atoms with Crippen LogP contribution in [0.15, 0.2) is 48.5 Å². The van der Waals surface area contributed by atoms with Crippen LogP contribution in [-0.2, 0) is 0 Å². The normalized spacial score (nSPS) is 9.24. The maximum Gasteiger partial charge on any atom is 0.153 e. The molecule has 2 rings (SSSR count). The molecule has 0 fully saturated rings. The number of carbonyl (C=O) groups is 1. The Morgan fingerprint density at radius 2 is 1.65 bits per heavy atom. The standard InChI is InChI=1S/C15H9FO/c16-15-9-8-13(10-14(15)11-17)7-6-12-4-2-1-3-5-12/h1-5,8-11H. The Morgan fingerprint density at radius 3 is 2.35 bits per heavy atom. The zero-order chi connectivity index (χ0) is 12.1. The average Bonchev–Trinajstić information content (AvgIpc) is 2.39. The van der Waals surface area contributed by atoms with Crippen LogP contribution < -0.4 is 0 Å². The molecule has 2 aromatic carbocycles. The fourth-order valence-electron chi connectivity index (χ4n) is 1.38. The maximum atomic E-state index is 13.1. The first-order valence-electron chi connectivity index (χ1n) is 5.11. The summed E-state index contributed by atoms with van der Waals surface area (Å²) in [6.45, 7) is 0. The van der Waals surface area contributed by atoms with Crippen LogP contribution in [0.3, 0.4) is 0 Å². The molecule has 82 valence electrons. The molecule has 17 heavy (non-hydrogen) atoms. The quantitative estimate of drug-likeness (QED) is 0.537. The highest BCUT2D eigenvalue weighted by atomic mass is 19.1. The van der Waals surface area contributed by atoms with E-state index < -0.39 is 5.82 Å². The van der Waals surface area contributed by atoms with Gasteiger partial charge in [-0.05, 0) is 30.3 Å². The summed E-state index contributed by atoms with van der Waals surface area (Å²) in [7, 11) is 0. The molecule has 0 bridgehead atoms. The minimum absolute atomic E-state index is 0.0323.